The number of carbonyl (C=O) groups excluding carboxylic acids is 1. The van der Waals surface area contributed by atoms with E-state index in [0.717, 1.165) is 18.7 Å². The average molecular weight is 238 g/mol. The van der Waals surface area contributed by atoms with E-state index in [1.54, 1.807) is 13.1 Å². The van der Waals surface area contributed by atoms with Crippen molar-refractivity contribution < 1.29 is 4.79 Å². The molecule has 4 nitrogen and oxygen atoms in total. The van der Waals surface area contributed by atoms with Gasteiger partial charge < -0.3 is 9.88 Å². The number of nitrogens with one attached hydrogen (secondary N) is 1. The Labute approximate surface area is 99.0 Å². The van der Waals surface area contributed by atoms with E-state index in [0.29, 0.717) is 11.7 Å². The molecule has 1 amide bonds. The van der Waals surface area contributed by atoms with Crippen molar-refractivity contribution >= 4 is 17.5 Å². The summed E-state index contributed by atoms with van der Waals surface area (Å²) in [5.41, 5.74) is 0. The Morgan fingerprint density at radius 2 is 2.56 bits per heavy atom. The van der Waals surface area contributed by atoms with Crippen LogP contribution in [0.3, 0.4) is 0 Å². The first-order chi connectivity index (χ1) is 7.70. The molecule has 0 fully saturated rings. The SMILES string of the molecule is CC#CC(=O)NC1CCc2ncc(Cl)n2C1. The molecule has 0 aliphatic carbocycles. The Morgan fingerprint density at radius 1 is 1.75 bits per heavy atom. The van der Waals surface area contributed by atoms with Crippen LogP contribution in [0.5, 0.6) is 0 Å². The highest BCUT2D eigenvalue weighted by Gasteiger charge is 2.21. The highest BCUT2D eigenvalue weighted by molar-refractivity contribution is 6.29. The predicted octanol–water partition coefficient (Wildman–Crippen LogP) is 0.991. The number of hydrogen-bond donors (Lipinski definition) is 1. The van der Waals surface area contributed by atoms with Crippen molar-refractivity contribution in [2.45, 2.75) is 32.4 Å². The summed E-state index contributed by atoms with van der Waals surface area (Å²) in [5, 5.41) is 3.48. The number of fused-ring (bicyclic) bond motifs is 1. The van der Waals surface area contributed by atoms with Crippen molar-refractivity contribution in [2.24, 2.45) is 0 Å². The fourth-order valence-corrected chi connectivity index (χ4v) is 2.07. The molecule has 0 aromatic carbocycles. The fourth-order valence-electron chi connectivity index (χ4n) is 1.85. The molecule has 1 aliphatic rings. The van der Waals surface area contributed by atoms with Crippen LogP contribution in [0.15, 0.2) is 6.20 Å². The summed E-state index contributed by atoms with van der Waals surface area (Å²) in [7, 11) is 0. The Hall–Kier alpha value is -1.47. The second-order valence-electron chi connectivity index (χ2n) is 3.69. The first-order valence-electron chi connectivity index (χ1n) is 5.14. The van der Waals surface area contributed by atoms with E-state index in [9.17, 15) is 4.79 Å². The Morgan fingerprint density at radius 3 is 3.31 bits per heavy atom. The van der Waals surface area contributed by atoms with Gasteiger partial charge in [-0.25, -0.2) is 4.98 Å². The quantitative estimate of drug-likeness (QED) is 0.741. The van der Waals surface area contributed by atoms with E-state index in [-0.39, 0.29) is 11.9 Å². The lowest BCUT2D eigenvalue weighted by atomic mass is 10.1. The molecule has 1 N–H and O–H groups in total. The van der Waals surface area contributed by atoms with Crippen molar-refractivity contribution in [1.29, 1.82) is 0 Å². The molecule has 2 rings (SSSR count). The average Bonchev–Trinajstić information content (AvgIpc) is 2.61. The zero-order valence-electron chi connectivity index (χ0n) is 8.96. The highest BCUT2D eigenvalue weighted by atomic mass is 35.5. The predicted molar refractivity (Wildman–Crippen MR) is 60.9 cm³/mol. The summed E-state index contributed by atoms with van der Waals surface area (Å²) >= 11 is 5.98. The van der Waals surface area contributed by atoms with Gasteiger partial charge in [0.15, 0.2) is 0 Å². The second kappa shape index (κ2) is 4.58. The molecule has 1 unspecified atom stereocenters. The summed E-state index contributed by atoms with van der Waals surface area (Å²) in [5.74, 6) is 5.80. The molecule has 1 aliphatic heterocycles. The molecular weight excluding hydrogens is 226 g/mol. The van der Waals surface area contributed by atoms with E-state index >= 15 is 0 Å². The van der Waals surface area contributed by atoms with E-state index < -0.39 is 0 Å². The van der Waals surface area contributed by atoms with Crippen LogP contribution in [0.4, 0.5) is 0 Å². The Bertz CT molecular complexity index is 469. The minimum atomic E-state index is -0.229. The Balaban J connectivity index is 2.04. The van der Waals surface area contributed by atoms with Crippen LogP contribution in [0.2, 0.25) is 5.15 Å². The van der Waals surface area contributed by atoms with Crippen LogP contribution in [0.1, 0.15) is 19.2 Å². The number of aromatic nitrogens is 2. The van der Waals surface area contributed by atoms with Gasteiger partial charge in [0, 0.05) is 19.0 Å². The van der Waals surface area contributed by atoms with E-state index in [1.807, 2.05) is 4.57 Å². The molecule has 1 aromatic rings. The van der Waals surface area contributed by atoms with Crippen LogP contribution < -0.4 is 5.32 Å². The van der Waals surface area contributed by atoms with Gasteiger partial charge in [-0.2, -0.15) is 0 Å². The van der Waals surface area contributed by atoms with Gasteiger partial charge in [-0.3, -0.25) is 4.79 Å². The largest absolute Gasteiger partial charge is 0.341 e. The summed E-state index contributed by atoms with van der Waals surface area (Å²) < 4.78 is 1.93. The lowest BCUT2D eigenvalue weighted by Gasteiger charge is -2.24. The van der Waals surface area contributed by atoms with E-state index in [1.165, 1.54) is 0 Å². The number of imidazole rings is 1. The number of carbonyl (C=O) groups is 1. The zero-order valence-corrected chi connectivity index (χ0v) is 9.71. The third-order valence-corrected chi connectivity index (χ3v) is 2.88. The molecular formula is C11H12ClN3O. The minimum absolute atomic E-state index is 0.0903. The summed E-state index contributed by atoms with van der Waals surface area (Å²) in [6.07, 6.45) is 3.36. The molecule has 0 radical (unpaired) electrons. The number of nitrogens with zero attached hydrogens (tertiary/aromatic N) is 2. The van der Waals surface area contributed by atoms with Crippen LogP contribution in [0.25, 0.3) is 0 Å². The van der Waals surface area contributed by atoms with Crippen molar-refractivity contribution in [1.82, 2.24) is 14.9 Å². The second-order valence-corrected chi connectivity index (χ2v) is 4.08. The summed E-state index contributed by atoms with van der Waals surface area (Å²) in [4.78, 5) is 15.5. The first kappa shape index (κ1) is 11.0. The maximum atomic E-state index is 11.3. The first-order valence-corrected chi connectivity index (χ1v) is 5.51. The van der Waals surface area contributed by atoms with Gasteiger partial charge in [0.1, 0.15) is 11.0 Å². The molecule has 84 valence electrons. The number of hydrogen-bond acceptors (Lipinski definition) is 2. The van der Waals surface area contributed by atoms with Crippen LogP contribution in [-0.2, 0) is 17.8 Å². The van der Waals surface area contributed by atoms with Gasteiger partial charge in [0.2, 0.25) is 0 Å². The van der Waals surface area contributed by atoms with Crippen molar-refractivity contribution in [2.75, 3.05) is 0 Å². The van der Waals surface area contributed by atoms with Gasteiger partial charge in [-0.15, -0.1) is 0 Å². The smallest absolute Gasteiger partial charge is 0.296 e. The van der Waals surface area contributed by atoms with Crippen molar-refractivity contribution in [3.05, 3.63) is 17.2 Å². The number of rotatable bonds is 1. The number of amides is 1. The van der Waals surface area contributed by atoms with Crippen LogP contribution in [0, 0.1) is 11.8 Å². The fraction of sp³-hybridized carbons (Fsp3) is 0.455. The zero-order chi connectivity index (χ0) is 11.5. The van der Waals surface area contributed by atoms with Crippen LogP contribution in [-0.4, -0.2) is 21.5 Å². The molecule has 16 heavy (non-hydrogen) atoms. The van der Waals surface area contributed by atoms with Gasteiger partial charge >= 0.3 is 0 Å². The van der Waals surface area contributed by atoms with Crippen molar-refractivity contribution in [3.8, 4) is 11.8 Å². The molecule has 0 spiro atoms. The normalized spacial score (nSPS) is 18.2. The molecule has 0 bridgehead atoms. The third-order valence-electron chi connectivity index (χ3n) is 2.58. The number of aryl methyl sites for hydroxylation is 1. The summed E-state index contributed by atoms with van der Waals surface area (Å²) in [6.45, 7) is 2.32. The lowest BCUT2D eigenvalue weighted by Crippen LogP contribution is -2.40. The molecule has 0 saturated heterocycles. The van der Waals surface area contributed by atoms with Gasteiger partial charge in [0.05, 0.1) is 6.20 Å². The third kappa shape index (κ3) is 2.20. The monoisotopic (exact) mass is 237 g/mol. The van der Waals surface area contributed by atoms with Crippen molar-refractivity contribution in [3.63, 3.8) is 0 Å². The number of halogens is 1. The minimum Gasteiger partial charge on any atom is -0.341 e. The topological polar surface area (TPSA) is 46.9 Å². The van der Waals surface area contributed by atoms with E-state index in [2.05, 4.69) is 22.1 Å². The van der Waals surface area contributed by atoms with Gasteiger partial charge in [-0.05, 0) is 19.3 Å². The highest BCUT2D eigenvalue weighted by Crippen LogP contribution is 2.19. The Kier molecular flexibility index (Phi) is 3.16. The lowest BCUT2D eigenvalue weighted by molar-refractivity contribution is -0.116. The molecule has 1 aromatic heterocycles. The van der Waals surface area contributed by atoms with Gasteiger partial charge in [0.25, 0.3) is 5.91 Å². The summed E-state index contributed by atoms with van der Waals surface area (Å²) in [6, 6.07) is 0.0903. The maximum absolute atomic E-state index is 11.3. The standard InChI is InChI=1S/C11H12ClN3O/c1-2-3-11(16)14-8-4-5-10-13-6-9(12)15(10)7-8/h6,8H,4-5,7H2,1H3,(H,14,16). The maximum Gasteiger partial charge on any atom is 0.296 e. The van der Waals surface area contributed by atoms with Gasteiger partial charge in [-0.1, -0.05) is 17.5 Å². The molecule has 1 atom stereocenters. The van der Waals surface area contributed by atoms with E-state index in [4.69, 9.17) is 11.6 Å². The molecule has 5 heteroatoms. The molecule has 0 saturated carbocycles. The van der Waals surface area contributed by atoms with Crippen LogP contribution >= 0.6 is 11.6 Å². The molecule has 2 heterocycles.